The molecule has 2 aromatic rings. The van der Waals surface area contributed by atoms with Crippen molar-refractivity contribution < 1.29 is 27.7 Å². The third kappa shape index (κ3) is 15.9. The van der Waals surface area contributed by atoms with Crippen LogP contribution in [0.15, 0.2) is 60.7 Å². The molecule has 0 saturated heterocycles. The predicted molar refractivity (Wildman–Crippen MR) is 70.4 cm³/mol. The van der Waals surface area contributed by atoms with E-state index < -0.39 is 10.4 Å². The lowest BCUT2D eigenvalue weighted by Gasteiger charge is -1.82. The largest absolute Gasteiger partial charge is 0.508 e. The van der Waals surface area contributed by atoms with Crippen molar-refractivity contribution in [2.45, 2.75) is 0 Å². The second-order valence-corrected chi connectivity index (χ2v) is 4.01. The Bertz CT molecular complexity index is 493. The SMILES string of the molecule is O=S(=O)(O)O.Oc1ccccc1.Oc1ccccc1. The molecule has 4 N–H and O–H groups in total. The smallest absolute Gasteiger partial charge is 0.394 e. The first-order valence-corrected chi connectivity index (χ1v) is 6.36. The van der Waals surface area contributed by atoms with E-state index in [1.54, 1.807) is 48.5 Å². The van der Waals surface area contributed by atoms with Crippen molar-refractivity contribution in [3.8, 4) is 11.5 Å². The monoisotopic (exact) mass is 286 g/mol. The molecule has 19 heavy (non-hydrogen) atoms. The highest BCUT2D eigenvalue weighted by molar-refractivity contribution is 7.79. The van der Waals surface area contributed by atoms with Gasteiger partial charge in [0.05, 0.1) is 0 Å². The number of aromatic hydroxyl groups is 2. The lowest BCUT2D eigenvalue weighted by atomic mass is 10.3. The molecule has 0 aliphatic rings. The van der Waals surface area contributed by atoms with E-state index in [1.165, 1.54) is 0 Å². The highest BCUT2D eigenvalue weighted by Gasteiger charge is 1.84. The van der Waals surface area contributed by atoms with Crippen molar-refractivity contribution >= 4 is 10.4 Å². The molecule has 2 rings (SSSR count). The van der Waals surface area contributed by atoms with Gasteiger partial charge in [-0.2, -0.15) is 8.42 Å². The van der Waals surface area contributed by atoms with E-state index in [4.69, 9.17) is 27.7 Å². The fraction of sp³-hybridized carbons (Fsp3) is 0. The Kier molecular flexibility index (Phi) is 7.94. The van der Waals surface area contributed by atoms with Crippen LogP contribution >= 0.6 is 0 Å². The van der Waals surface area contributed by atoms with E-state index in [9.17, 15) is 0 Å². The Labute approximate surface area is 111 Å². The van der Waals surface area contributed by atoms with Gasteiger partial charge in [0.15, 0.2) is 0 Å². The van der Waals surface area contributed by atoms with Crippen molar-refractivity contribution in [2.24, 2.45) is 0 Å². The molecule has 0 aromatic heterocycles. The fourth-order valence-corrected chi connectivity index (χ4v) is 0.856. The average Bonchev–Trinajstić information content (AvgIpc) is 2.29. The zero-order chi connectivity index (χ0) is 14.7. The van der Waals surface area contributed by atoms with Crippen LogP contribution in [0.2, 0.25) is 0 Å². The third-order valence-corrected chi connectivity index (χ3v) is 1.51. The van der Waals surface area contributed by atoms with E-state index >= 15 is 0 Å². The number of phenolic OH excluding ortho intramolecular Hbond substituents is 2. The molecule has 0 aliphatic heterocycles. The fourth-order valence-electron chi connectivity index (χ4n) is 0.856. The lowest BCUT2D eigenvalue weighted by Crippen LogP contribution is -1.89. The zero-order valence-electron chi connectivity index (χ0n) is 9.79. The van der Waals surface area contributed by atoms with Gasteiger partial charge in [-0.15, -0.1) is 0 Å². The topological polar surface area (TPSA) is 115 Å². The molecule has 0 saturated carbocycles. The standard InChI is InChI=1S/2C6H6O.H2O4S/c2*7-6-4-2-1-3-5-6;1-5(2,3)4/h2*1-5,7H;(H2,1,2,3,4). The van der Waals surface area contributed by atoms with Crippen LogP contribution in [0.1, 0.15) is 0 Å². The summed E-state index contributed by atoms with van der Waals surface area (Å²) in [6.45, 7) is 0. The van der Waals surface area contributed by atoms with Crippen LogP contribution in [0.4, 0.5) is 0 Å². The first-order chi connectivity index (χ1) is 8.79. The second kappa shape index (κ2) is 8.92. The molecule has 0 spiro atoms. The second-order valence-electron chi connectivity index (χ2n) is 3.12. The van der Waals surface area contributed by atoms with Gasteiger partial charge in [-0.3, -0.25) is 9.11 Å². The maximum atomic E-state index is 8.74. The summed E-state index contributed by atoms with van der Waals surface area (Å²) in [6, 6.07) is 17.4. The Morgan fingerprint density at radius 3 is 0.947 bits per heavy atom. The predicted octanol–water partition coefficient (Wildman–Crippen LogP) is 2.13. The van der Waals surface area contributed by atoms with Gasteiger partial charge in [-0.25, -0.2) is 0 Å². The number of benzene rings is 2. The minimum absolute atomic E-state index is 0.322. The van der Waals surface area contributed by atoms with Crippen LogP contribution in [0.25, 0.3) is 0 Å². The minimum Gasteiger partial charge on any atom is -0.508 e. The quantitative estimate of drug-likeness (QED) is 0.551. The van der Waals surface area contributed by atoms with Crippen LogP contribution < -0.4 is 0 Å². The number of rotatable bonds is 0. The summed E-state index contributed by atoms with van der Waals surface area (Å²) >= 11 is 0. The molecular weight excluding hydrogens is 272 g/mol. The molecule has 0 unspecified atom stereocenters. The summed E-state index contributed by atoms with van der Waals surface area (Å²) in [5.41, 5.74) is 0. The summed E-state index contributed by atoms with van der Waals surface area (Å²) in [6.07, 6.45) is 0. The van der Waals surface area contributed by atoms with Crippen molar-refractivity contribution in [3.63, 3.8) is 0 Å². The molecule has 0 bridgehead atoms. The highest BCUT2D eigenvalue weighted by atomic mass is 32.3. The third-order valence-electron chi connectivity index (χ3n) is 1.51. The van der Waals surface area contributed by atoms with Gasteiger partial charge < -0.3 is 10.2 Å². The van der Waals surface area contributed by atoms with Gasteiger partial charge in [-0.1, -0.05) is 36.4 Å². The van der Waals surface area contributed by atoms with Crippen molar-refractivity contribution in [1.82, 2.24) is 0 Å². The van der Waals surface area contributed by atoms with Gasteiger partial charge in [0, 0.05) is 0 Å². The van der Waals surface area contributed by atoms with Crippen LogP contribution in [-0.4, -0.2) is 27.7 Å². The average molecular weight is 286 g/mol. The Morgan fingerprint density at radius 2 is 0.842 bits per heavy atom. The molecule has 104 valence electrons. The number of phenols is 2. The Balaban J connectivity index is 0.000000261. The summed E-state index contributed by atoms with van der Waals surface area (Å²) in [5, 5.41) is 17.3. The molecule has 0 fully saturated rings. The first kappa shape index (κ1) is 16.9. The summed E-state index contributed by atoms with van der Waals surface area (Å²) in [7, 11) is -4.67. The maximum absolute atomic E-state index is 8.74. The molecule has 0 atom stereocenters. The highest BCUT2D eigenvalue weighted by Crippen LogP contribution is 2.03. The Hall–Kier alpha value is -2.09. The van der Waals surface area contributed by atoms with Crippen LogP contribution in [0.5, 0.6) is 11.5 Å². The van der Waals surface area contributed by atoms with E-state index in [0.29, 0.717) is 11.5 Å². The summed E-state index contributed by atoms with van der Waals surface area (Å²) in [4.78, 5) is 0. The number of para-hydroxylation sites is 2. The van der Waals surface area contributed by atoms with Crippen LogP contribution in [0.3, 0.4) is 0 Å². The van der Waals surface area contributed by atoms with E-state index in [0.717, 1.165) is 0 Å². The minimum atomic E-state index is -4.67. The van der Waals surface area contributed by atoms with Gasteiger partial charge in [0.2, 0.25) is 0 Å². The number of hydrogen-bond donors (Lipinski definition) is 4. The van der Waals surface area contributed by atoms with Crippen molar-refractivity contribution in [3.05, 3.63) is 60.7 Å². The van der Waals surface area contributed by atoms with Gasteiger partial charge in [0.1, 0.15) is 11.5 Å². The molecule has 0 amide bonds. The van der Waals surface area contributed by atoms with Crippen molar-refractivity contribution in [2.75, 3.05) is 0 Å². The number of hydrogen-bond acceptors (Lipinski definition) is 4. The molecule has 0 radical (unpaired) electrons. The van der Waals surface area contributed by atoms with Crippen LogP contribution in [0, 0.1) is 0 Å². The lowest BCUT2D eigenvalue weighted by molar-refractivity contribution is 0.381. The van der Waals surface area contributed by atoms with E-state index in [-0.39, 0.29) is 0 Å². The van der Waals surface area contributed by atoms with Crippen molar-refractivity contribution in [1.29, 1.82) is 0 Å². The molecule has 0 aliphatic carbocycles. The van der Waals surface area contributed by atoms with Gasteiger partial charge in [-0.05, 0) is 24.3 Å². The van der Waals surface area contributed by atoms with Gasteiger partial charge >= 0.3 is 10.4 Å². The van der Waals surface area contributed by atoms with Crippen LogP contribution in [-0.2, 0) is 10.4 Å². The van der Waals surface area contributed by atoms with E-state index in [2.05, 4.69) is 0 Å². The maximum Gasteiger partial charge on any atom is 0.394 e. The molecule has 6 nitrogen and oxygen atoms in total. The molecule has 2 aromatic carbocycles. The summed E-state index contributed by atoms with van der Waals surface area (Å²) < 4.78 is 31.6. The molecule has 0 heterocycles. The summed E-state index contributed by atoms with van der Waals surface area (Å²) in [5.74, 6) is 0.644. The Morgan fingerprint density at radius 1 is 0.632 bits per heavy atom. The van der Waals surface area contributed by atoms with Gasteiger partial charge in [0.25, 0.3) is 0 Å². The van der Waals surface area contributed by atoms with E-state index in [1.807, 2.05) is 12.1 Å². The molecule has 7 heteroatoms. The normalized spacial score (nSPS) is 9.37. The first-order valence-electron chi connectivity index (χ1n) is 4.97. The molecular formula is C12H14O6S. The zero-order valence-corrected chi connectivity index (χ0v) is 10.6.